The minimum absolute atomic E-state index is 0. The number of aromatic nitrogens is 2. The zero-order valence-corrected chi connectivity index (χ0v) is 22.3. The number of para-hydroxylation sites is 2. The third-order valence-corrected chi connectivity index (χ3v) is 6.54. The number of hydrogen-bond donors (Lipinski definition) is 3. The second-order valence-electron chi connectivity index (χ2n) is 9.00. The first-order chi connectivity index (χ1) is 16.6. The van der Waals surface area contributed by atoms with Gasteiger partial charge in [0.2, 0.25) is 0 Å². The van der Waals surface area contributed by atoms with Crippen LogP contribution in [-0.2, 0) is 13.6 Å². The number of ether oxygens (including phenoxy) is 1. The van der Waals surface area contributed by atoms with E-state index in [2.05, 4.69) is 21.0 Å². The van der Waals surface area contributed by atoms with Crippen molar-refractivity contribution in [2.45, 2.75) is 32.4 Å². The highest BCUT2D eigenvalue weighted by Gasteiger charge is 2.27. The minimum Gasteiger partial charge on any atom is -0.493 e. The largest absolute Gasteiger partial charge is 0.493 e. The Morgan fingerprint density at radius 1 is 1.17 bits per heavy atom. The molecule has 3 heterocycles. The van der Waals surface area contributed by atoms with Gasteiger partial charge in [0.25, 0.3) is 5.91 Å². The van der Waals surface area contributed by atoms with Crippen LogP contribution in [0.1, 0.15) is 34.3 Å². The number of carbonyl (C=O) groups excluding carboxylic acids is 1. The summed E-state index contributed by atoms with van der Waals surface area (Å²) in [4.78, 5) is 15.5. The summed E-state index contributed by atoms with van der Waals surface area (Å²) in [6.45, 7) is 6.20. The van der Waals surface area contributed by atoms with Crippen molar-refractivity contribution in [2.24, 2.45) is 7.05 Å². The number of anilines is 3. The molecule has 0 saturated carbocycles. The van der Waals surface area contributed by atoms with E-state index in [4.69, 9.17) is 4.74 Å². The number of nitrogens with zero attached hydrogens (tertiary/aromatic N) is 3. The molecule has 8 nitrogen and oxygen atoms in total. The molecule has 36 heavy (non-hydrogen) atoms. The first kappa shape index (κ1) is 27.8. The first-order valence-electron chi connectivity index (χ1n) is 12.0. The van der Waals surface area contributed by atoms with Crippen LogP contribution in [0.25, 0.3) is 0 Å². The summed E-state index contributed by atoms with van der Waals surface area (Å²) in [6, 6.07) is 14.1. The fraction of sp³-hybridized carbons (Fsp3) is 0.385. The number of nitrogens with one attached hydrogen (secondary N) is 3. The molecule has 1 atom stereocenters. The lowest BCUT2D eigenvalue weighted by Gasteiger charge is -2.24. The molecule has 0 radical (unpaired) electrons. The Bertz CT molecular complexity index is 1180. The number of benzene rings is 2. The van der Waals surface area contributed by atoms with Gasteiger partial charge in [-0.25, -0.2) is 0 Å². The summed E-state index contributed by atoms with van der Waals surface area (Å²) in [5.41, 5.74) is 4.33. The van der Waals surface area contributed by atoms with Gasteiger partial charge in [0.15, 0.2) is 0 Å². The van der Waals surface area contributed by atoms with E-state index in [0.29, 0.717) is 24.8 Å². The Morgan fingerprint density at radius 3 is 2.78 bits per heavy atom. The lowest BCUT2D eigenvalue weighted by Crippen LogP contribution is -2.48. The van der Waals surface area contributed by atoms with Crippen LogP contribution >= 0.6 is 24.8 Å². The van der Waals surface area contributed by atoms with Crippen LogP contribution in [0.15, 0.2) is 48.7 Å². The Labute approximate surface area is 224 Å². The molecule has 194 valence electrons. The smallest absolute Gasteiger partial charge is 0.258 e. The van der Waals surface area contributed by atoms with Crippen LogP contribution < -0.4 is 25.6 Å². The van der Waals surface area contributed by atoms with Gasteiger partial charge >= 0.3 is 0 Å². The highest BCUT2D eigenvalue weighted by molar-refractivity contribution is 6.08. The number of piperazine rings is 1. The summed E-state index contributed by atoms with van der Waals surface area (Å²) >= 11 is 0. The van der Waals surface area contributed by atoms with Crippen molar-refractivity contribution >= 4 is 47.9 Å². The molecule has 1 fully saturated rings. The second kappa shape index (κ2) is 12.5. The number of aryl methyl sites for hydroxylation is 2. The average molecular weight is 534 g/mol. The van der Waals surface area contributed by atoms with Crippen LogP contribution in [0.3, 0.4) is 0 Å². The van der Waals surface area contributed by atoms with E-state index in [1.165, 1.54) is 0 Å². The van der Waals surface area contributed by atoms with Crippen molar-refractivity contribution in [3.05, 3.63) is 65.4 Å². The van der Waals surface area contributed by atoms with Crippen LogP contribution in [0, 0.1) is 6.92 Å². The Morgan fingerprint density at radius 2 is 2.00 bits per heavy atom. The SMILES string of the molecule is Cc1cc(C(=O)N2Cc3cnn(C)c3Nc3ccccc32)ccc1OCCCC1CNCCN1.Cl.Cl. The number of hydrogen-bond acceptors (Lipinski definition) is 6. The van der Waals surface area contributed by atoms with Crippen LogP contribution in [0.4, 0.5) is 17.2 Å². The first-order valence-corrected chi connectivity index (χ1v) is 12.0. The van der Waals surface area contributed by atoms with E-state index in [-0.39, 0.29) is 30.7 Å². The molecule has 1 aromatic heterocycles. The molecule has 1 unspecified atom stereocenters. The standard InChI is InChI=1S/C26H32N6O2.2ClH/c1-18-14-19(9-10-24(18)34-13-5-6-21-16-27-11-12-28-21)26(33)32-17-20-15-29-31(2)25(20)30-22-7-3-4-8-23(22)32;;/h3-4,7-10,14-15,21,27-28,30H,5-6,11-13,16-17H2,1-2H3;2*1H. The zero-order chi connectivity index (χ0) is 23.5. The fourth-order valence-corrected chi connectivity index (χ4v) is 4.67. The Hall–Kier alpha value is -2.78. The van der Waals surface area contributed by atoms with Crippen molar-refractivity contribution in [3.63, 3.8) is 0 Å². The van der Waals surface area contributed by atoms with Gasteiger partial charge in [-0.15, -0.1) is 24.8 Å². The van der Waals surface area contributed by atoms with Gasteiger partial charge < -0.3 is 25.6 Å². The highest BCUT2D eigenvalue weighted by atomic mass is 35.5. The number of fused-ring (bicyclic) bond motifs is 2. The van der Waals surface area contributed by atoms with Crippen LogP contribution in [-0.4, -0.2) is 48.0 Å². The molecule has 1 amide bonds. The number of amides is 1. The lowest BCUT2D eigenvalue weighted by molar-refractivity contribution is 0.0985. The molecule has 0 bridgehead atoms. The van der Waals surface area contributed by atoms with E-state index in [0.717, 1.165) is 66.5 Å². The van der Waals surface area contributed by atoms with E-state index < -0.39 is 0 Å². The van der Waals surface area contributed by atoms with Gasteiger partial charge in [-0.2, -0.15) is 5.10 Å². The molecule has 2 aliphatic heterocycles. The van der Waals surface area contributed by atoms with E-state index in [1.807, 2.05) is 67.5 Å². The van der Waals surface area contributed by atoms with E-state index in [1.54, 1.807) is 4.68 Å². The summed E-state index contributed by atoms with van der Waals surface area (Å²) < 4.78 is 7.84. The Balaban J connectivity index is 0.00000180. The number of carbonyl (C=O) groups is 1. The normalized spacial score (nSPS) is 16.4. The zero-order valence-electron chi connectivity index (χ0n) is 20.6. The molecule has 5 rings (SSSR count). The van der Waals surface area contributed by atoms with Crippen molar-refractivity contribution < 1.29 is 9.53 Å². The topological polar surface area (TPSA) is 83.5 Å². The maximum absolute atomic E-state index is 13.6. The molecule has 0 spiro atoms. The molecule has 1 saturated heterocycles. The number of halogens is 2. The second-order valence-corrected chi connectivity index (χ2v) is 9.00. The van der Waals surface area contributed by atoms with Gasteiger partial charge in [0.05, 0.1) is 30.7 Å². The van der Waals surface area contributed by atoms with E-state index >= 15 is 0 Å². The molecule has 2 aliphatic rings. The molecule has 3 aromatic rings. The fourth-order valence-electron chi connectivity index (χ4n) is 4.67. The van der Waals surface area contributed by atoms with Crippen LogP contribution in [0.2, 0.25) is 0 Å². The van der Waals surface area contributed by atoms with Gasteiger partial charge in [0, 0.05) is 43.9 Å². The van der Waals surface area contributed by atoms with Crippen molar-refractivity contribution in [3.8, 4) is 5.75 Å². The molecule has 0 aliphatic carbocycles. The van der Waals surface area contributed by atoms with Crippen molar-refractivity contribution in [1.29, 1.82) is 0 Å². The molecular weight excluding hydrogens is 499 g/mol. The van der Waals surface area contributed by atoms with E-state index in [9.17, 15) is 4.79 Å². The quantitative estimate of drug-likeness (QED) is 0.412. The van der Waals surface area contributed by atoms with Gasteiger partial charge in [-0.3, -0.25) is 9.48 Å². The lowest BCUT2D eigenvalue weighted by atomic mass is 10.1. The van der Waals surface area contributed by atoms with Crippen LogP contribution in [0.5, 0.6) is 5.75 Å². The van der Waals surface area contributed by atoms with Gasteiger partial charge in [0.1, 0.15) is 11.6 Å². The summed E-state index contributed by atoms with van der Waals surface area (Å²) in [7, 11) is 1.90. The highest BCUT2D eigenvalue weighted by Crippen LogP contribution is 2.36. The molecule has 2 aromatic carbocycles. The van der Waals surface area contributed by atoms with Crippen molar-refractivity contribution in [2.75, 3.05) is 36.5 Å². The maximum Gasteiger partial charge on any atom is 0.258 e. The third kappa shape index (κ3) is 5.95. The predicted molar refractivity (Wildman–Crippen MR) is 149 cm³/mol. The summed E-state index contributed by atoms with van der Waals surface area (Å²) in [5, 5.41) is 14.7. The van der Waals surface area contributed by atoms with Gasteiger partial charge in [-0.05, 0) is 55.7 Å². The summed E-state index contributed by atoms with van der Waals surface area (Å²) in [5.74, 6) is 1.69. The minimum atomic E-state index is -0.0449. The van der Waals surface area contributed by atoms with Crippen molar-refractivity contribution in [1.82, 2.24) is 20.4 Å². The maximum atomic E-state index is 13.6. The molecule has 10 heteroatoms. The molecular formula is C26H34Cl2N6O2. The predicted octanol–water partition coefficient (Wildman–Crippen LogP) is 4.20. The monoisotopic (exact) mass is 532 g/mol. The Kier molecular flexibility index (Phi) is 9.62. The number of rotatable bonds is 6. The molecule has 3 N–H and O–H groups in total. The van der Waals surface area contributed by atoms with Gasteiger partial charge in [-0.1, -0.05) is 12.1 Å². The average Bonchev–Trinajstić information content (AvgIpc) is 3.10. The summed E-state index contributed by atoms with van der Waals surface area (Å²) in [6.07, 6.45) is 3.89. The third-order valence-electron chi connectivity index (χ3n) is 6.54.